The minimum absolute atomic E-state index is 0. The van der Waals surface area contributed by atoms with Crippen molar-refractivity contribution in [3.05, 3.63) is 6.57 Å². The van der Waals surface area contributed by atoms with Crippen LogP contribution < -0.4 is 29.6 Å². The van der Waals surface area contributed by atoms with E-state index in [4.69, 9.17) is 11.8 Å². The summed E-state index contributed by atoms with van der Waals surface area (Å²) in [6.07, 6.45) is 0. The summed E-state index contributed by atoms with van der Waals surface area (Å²) in [7, 11) is 0. The Balaban J connectivity index is -0.0000000564. The molecule has 0 N–H and O–H groups in total. The van der Waals surface area contributed by atoms with Gasteiger partial charge in [0.25, 0.3) is 0 Å². The van der Waals surface area contributed by atoms with Crippen molar-refractivity contribution in [3.63, 3.8) is 0 Å². The van der Waals surface area contributed by atoms with Crippen molar-refractivity contribution >= 4 is 0 Å². The van der Waals surface area contributed by atoms with E-state index in [9.17, 15) is 21.3 Å². The fraction of sp³-hybridized carbons (Fsp3) is 0. The first kappa shape index (κ1) is 16.9. The first-order chi connectivity index (χ1) is 3.45. The van der Waals surface area contributed by atoms with Gasteiger partial charge in [-0.1, -0.05) is 0 Å². The molecule has 0 heterocycles. The second-order valence-electron chi connectivity index (χ2n) is 0.758. The van der Waals surface area contributed by atoms with E-state index in [-0.39, 0.29) is 31.0 Å². The molecule has 0 unspecified atom stereocenters. The van der Waals surface area contributed by atoms with Gasteiger partial charge in [0.2, 0.25) is 0 Å². The van der Waals surface area contributed by atoms with Crippen molar-refractivity contribution < 1.29 is 65.8 Å². The zero-order valence-corrected chi connectivity index (χ0v) is 7.67. The normalized spacial score (nSPS) is 16.4. The number of rotatable bonds is 0. The van der Waals surface area contributed by atoms with Crippen LogP contribution in [0.1, 0.15) is 1.43 Å². The maximum absolute atomic E-state index is 10.8. The van der Waals surface area contributed by atoms with Crippen molar-refractivity contribution in [1.29, 1.82) is 5.26 Å². The maximum Gasteiger partial charge on any atom is 1.00 e. The second kappa shape index (κ2) is 2.91. The van der Waals surface area contributed by atoms with E-state index in [1.165, 1.54) is 0 Å². The van der Waals surface area contributed by atoms with Crippen LogP contribution in [0.15, 0.2) is 0 Å². The fourth-order valence-corrected chi connectivity index (χ4v) is 0. The molecule has 0 radical (unpaired) electrons. The van der Waals surface area contributed by atoms with Crippen LogP contribution in [0.2, 0.25) is 0 Å². The molecule has 0 amide bonds. The summed E-state index contributed by atoms with van der Waals surface area (Å²) in [4.78, 5) is 0. The summed E-state index contributed by atoms with van der Waals surface area (Å²) < 4.78 is 59.2. The minimum Gasteiger partial charge on any atom is -1.00 e. The summed E-state index contributed by atoms with van der Waals surface area (Å²) in [5.74, 6) is 0. The molecule has 0 spiro atoms. The predicted octanol–water partition coefficient (Wildman–Crippen LogP) is -0.268. The van der Waals surface area contributed by atoms with E-state index in [1.54, 1.807) is 0 Å². The average Bonchev–Trinajstić information content (AvgIpc) is 1.30. The Morgan fingerprint density at radius 2 is 0.900 bits per heavy atom. The first-order valence-corrected chi connectivity index (χ1v) is 3.53. The standard InChI is InChI=1S/CN.6FH.Fe.Na.H/c1-2;;;;;;;;;/h;6*1H;;;/q-1;;;;;;;+6;+1;-1/p-6. The molecule has 0 aliphatic heterocycles. The van der Waals surface area contributed by atoms with Crippen molar-refractivity contribution in [2.45, 2.75) is 0 Å². The molecular weight excluding hydrogens is 219 g/mol. The Kier molecular flexibility index (Phi) is 4.92. The van der Waals surface area contributed by atoms with Crippen LogP contribution in [-0.4, -0.2) is 0 Å². The van der Waals surface area contributed by atoms with Crippen LogP contribution >= 0.6 is 0 Å². The molecular formula is CHF6FeNNa-. The SMILES string of the molecule is [C-]#N.[F][Fe]([F])([F])([F])([F])[F].[H-].[Na+]. The summed E-state index contributed by atoms with van der Waals surface area (Å²) in [5, 5.41) is 6.25. The zero-order valence-electron chi connectivity index (χ0n) is 5.57. The van der Waals surface area contributed by atoms with E-state index in [0.29, 0.717) is 0 Å². The largest absolute Gasteiger partial charge is 1.00 e. The topological polar surface area (TPSA) is 23.8 Å². The van der Waals surface area contributed by atoms with Gasteiger partial charge >= 0.3 is 64.3 Å². The molecule has 0 aliphatic rings. The van der Waals surface area contributed by atoms with Crippen molar-refractivity contribution in [3.8, 4) is 0 Å². The molecule has 0 saturated heterocycles. The third-order valence-electron chi connectivity index (χ3n) is 0. The molecule has 0 fully saturated rings. The van der Waals surface area contributed by atoms with E-state index in [0.717, 1.165) is 0 Å². The molecule has 0 aromatic carbocycles. The van der Waals surface area contributed by atoms with Gasteiger partial charge in [-0.15, -0.1) is 0 Å². The molecule has 1 nitrogen and oxygen atoms in total. The monoisotopic (exact) mass is 220 g/mol. The van der Waals surface area contributed by atoms with Crippen LogP contribution in [0.3, 0.4) is 0 Å². The Morgan fingerprint density at radius 1 is 0.900 bits per heavy atom. The molecule has 0 aromatic rings. The van der Waals surface area contributed by atoms with Gasteiger partial charge in [-0.3, -0.25) is 0 Å². The van der Waals surface area contributed by atoms with Crippen molar-refractivity contribution in [1.82, 2.24) is 0 Å². The minimum atomic E-state index is -10.8. The summed E-state index contributed by atoms with van der Waals surface area (Å²) in [6, 6.07) is 0. The molecule has 10 heavy (non-hydrogen) atoms. The molecule has 9 heteroatoms. The molecule has 0 rings (SSSR count). The first-order valence-electron chi connectivity index (χ1n) is 1.03. The summed E-state index contributed by atoms with van der Waals surface area (Å²) >= 11 is -10.8. The Bertz CT molecular complexity index is 109. The Morgan fingerprint density at radius 3 is 0.900 bits per heavy atom. The summed E-state index contributed by atoms with van der Waals surface area (Å²) in [6.45, 7) is 4.75. The average molecular weight is 220 g/mol. The van der Waals surface area contributed by atoms with E-state index < -0.39 is 13.5 Å². The quantitative estimate of drug-likeness (QED) is 0.313. The molecule has 0 bridgehead atoms. The molecule has 0 aliphatic carbocycles. The van der Waals surface area contributed by atoms with Gasteiger partial charge in [-0.05, 0) is 0 Å². The zero-order chi connectivity index (χ0) is 8.41. The molecule has 62 valence electrons. The third kappa shape index (κ3) is 1420. The molecule has 0 atom stereocenters. The number of nitrogens with zero attached hydrogens (tertiary/aromatic N) is 1. The third-order valence-corrected chi connectivity index (χ3v) is 0. The van der Waals surface area contributed by atoms with Crippen LogP contribution in [0.4, 0.5) is 21.3 Å². The van der Waals surface area contributed by atoms with Gasteiger partial charge in [0.05, 0.1) is 0 Å². The molecule has 0 aromatic heterocycles. The van der Waals surface area contributed by atoms with E-state index >= 15 is 0 Å². The van der Waals surface area contributed by atoms with Crippen molar-refractivity contribution in [2.24, 2.45) is 0 Å². The second-order valence-corrected chi connectivity index (χ2v) is 3.12. The maximum atomic E-state index is 9.88. The fourth-order valence-electron chi connectivity index (χ4n) is 0. The predicted molar refractivity (Wildman–Crippen MR) is 12.7 cm³/mol. The number of hydrogen-bond donors (Lipinski definition) is 0. The van der Waals surface area contributed by atoms with Crippen LogP contribution in [0.25, 0.3) is 0 Å². The van der Waals surface area contributed by atoms with Gasteiger partial charge in [0.15, 0.2) is 0 Å². The van der Waals surface area contributed by atoms with Crippen LogP contribution in [0, 0.1) is 11.8 Å². The van der Waals surface area contributed by atoms with Gasteiger partial charge in [-0.2, -0.15) is 0 Å². The number of hydrogen-bond acceptors (Lipinski definition) is 1. The molecule has 0 saturated carbocycles. The van der Waals surface area contributed by atoms with Gasteiger partial charge < -0.3 is 13.3 Å². The van der Waals surface area contributed by atoms with Crippen LogP contribution in [-0.2, 0) is 13.5 Å². The van der Waals surface area contributed by atoms with Gasteiger partial charge in [-0.25, -0.2) is 0 Å². The Labute approximate surface area is 77.5 Å². The number of halogens is 6. The summed E-state index contributed by atoms with van der Waals surface area (Å²) in [5.41, 5.74) is 0. The van der Waals surface area contributed by atoms with Crippen LogP contribution in [0.5, 0.6) is 0 Å². The van der Waals surface area contributed by atoms with Gasteiger partial charge in [0.1, 0.15) is 0 Å². The van der Waals surface area contributed by atoms with E-state index in [1.807, 2.05) is 0 Å². The van der Waals surface area contributed by atoms with Crippen molar-refractivity contribution in [2.75, 3.05) is 0 Å². The van der Waals surface area contributed by atoms with E-state index in [2.05, 4.69) is 0 Å². The smallest absolute Gasteiger partial charge is 1.00 e. The Hall–Kier alpha value is 0.589. The van der Waals surface area contributed by atoms with Gasteiger partial charge in [0, 0.05) is 0 Å².